The minimum atomic E-state index is -0.177. The van der Waals surface area contributed by atoms with Crippen molar-refractivity contribution in [1.29, 1.82) is 0 Å². The number of halogens is 1. The Kier molecular flexibility index (Phi) is 3.98. The molecule has 7 nitrogen and oxygen atoms in total. The Morgan fingerprint density at radius 3 is 2.75 bits per heavy atom. The van der Waals surface area contributed by atoms with Gasteiger partial charge in [-0.3, -0.25) is 14.6 Å². The fourth-order valence-corrected chi connectivity index (χ4v) is 4.07. The molecule has 28 heavy (non-hydrogen) atoms. The molecule has 142 valence electrons. The van der Waals surface area contributed by atoms with Gasteiger partial charge in [-0.05, 0) is 30.3 Å². The van der Waals surface area contributed by atoms with Gasteiger partial charge in [0.1, 0.15) is 6.54 Å². The summed E-state index contributed by atoms with van der Waals surface area (Å²) < 4.78 is 2.05. The number of fused-ring (bicyclic) bond motifs is 3. The van der Waals surface area contributed by atoms with Crippen molar-refractivity contribution in [3.63, 3.8) is 0 Å². The molecule has 5 rings (SSSR count). The molecule has 3 aromatic rings. The highest BCUT2D eigenvalue weighted by molar-refractivity contribution is 6.30. The highest BCUT2D eigenvalue weighted by Crippen LogP contribution is 2.28. The van der Waals surface area contributed by atoms with E-state index in [1.165, 1.54) is 0 Å². The summed E-state index contributed by atoms with van der Waals surface area (Å²) in [5.74, 6) is 0.542. The van der Waals surface area contributed by atoms with Crippen molar-refractivity contribution in [2.24, 2.45) is 0 Å². The number of aromatic nitrogens is 2. The van der Waals surface area contributed by atoms with Gasteiger partial charge in [-0.2, -0.15) is 0 Å². The summed E-state index contributed by atoms with van der Waals surface area (Å²) in [4.78, 5) is 35.2. The van der Waals surface area contributed by atoms with E-state index in [1.807, 2.05) is 36.4 Å². The molecule has 1 fully saturated rings. The molecule has 1 saturated heterocycles. The number of hydrogen-bond acceptors (Lipinski definition) is 3. The zero-order chi connectivity index (χ0) is 19.3. The average Bonchev–Trinajstić information content (AvgIpc) is 3.36. The number of anilines is 2. The maximum absolute atomic E-state index is 12.9. The maximum Gasteiger partial charge on any atom is 0.325 e. The lowest BCUT2D eigenvalue weighted by Gasteiger charge is -2.21. The van der Waals surface area contributed by atoms with E-state index in [4.69, 9.17) is 11.6 Å². The molecule has 0 bridgehead atoms. The quantitative estimate of drug-likeness (QED) is 0.685. The number of benzene rings is 2. The van der Waals surface area contributed by atoms with Gasteiger partial charge in [-0.15, -0.1) is 0 Å². The van der Waals surface area contributed by atoms with Crippen LogP contribution in [0.3, 0.4) is 0 Å². The van der Waals surface area contributed by atoms with Crippen molar-refractivity contribution < 1.29 is 9.59 Å². The maximum atomic E-state index is 12.9. The topological polar surface area (TPSA) is 61.7 Å². The molecule has 0 unspecified atom stereocenters. The van der Waals surface area contributed by atoms with Crippen molar-refractivity contribution in [3.05, 3.63) is 53.6 Å². The van der Waals surface area contributed by atoms with Crippen molar-refractivity contribution in [3.8, 4) is 0 Å². The van der Waals surface area contributed by atoms with Gasteiger partial charge in [0.15, 0.2) is 0 Å². The summed E-state index contributed by atoms with van der Waals surface area (Å²) in [6.45, 7) is 2.36. The van der Waals surface area contributed by atoms with Crippen LogP contribution in [-0.4, -0.2) is 52.6 Å². The molecule has 8 heteroatoms. The van der Waals surface area contributed by atoms with Gasteiger partial charge >= 0.3 is 6.03 Å². The van der Waals surface area contributed by atoms with Crippen LogP contribution in [-0.2, 0) is 11.3 Å². The van der Waals surface area contributed by atoms with Crippen LogP contribution < -0.4 is 9.80 Å². The zero-order valence-corrected chi connectivity index (χ0v) is 15.8. The van der Waals surface area contributed by atoms with Crippen LogP contribution in [0.1, 0.15) is 0 Å². The normalized spacial score (nSPS) is 16.3. The number of urea groups is 1. The lowest BCUT2D eigenvalue weighted by molar-refractivity contribution is -0.119. The second-order valence-electron chi connectivity index (χ2n) is 6.93. The standard InChI is InChI=1S/C20H18ClN5O2/c21-14-4-3-5-15(12-14)24-9-8-23(20(24)28)13-18(27)26-11-10-25-17-7-2-1-6-16(17)22-19(25)26/h1-7,12H,8-11,13H2. The molecule has 2 aliphatic rings. The van der Waals surface area contributed by atoms with Gasteiger partial charge in [-0.25, -0.2) is 9.78 Å². The number of hydrogen-bond donors (Lipinski definition) is 0. The molecule has 2 aliphatic heterocycles. The van der Waals surface area contributed by atoms with Gasteiger partial charge in [0.2, 0.25) is 11.9 Å². The Morgan fingerprint density at radius 1 is 1.04 bits per heavy atom. The van der Waals surface area contributed by atoms with E-state index in [2.05, 4.69) is 9.55 Å². The van der Waals surface area contributed by atoms with Crippen LogP contribution in [0.25, 0.3) is 11.0 Å². The third kappa shape index (κ3) is 2.70. The molecule has 3 amide bonds. The van der Waals surface area contributed by atoms with Gasteiger partial charge in [0.05, 0.1) is 11.0 Å². The molecule has 0 atom stereocenters. The van der Waals surface area contributed by atoms with Gasteiger partial charge in [-0.1, -0.05) is 29.8 Å². The summed E-state index contributed by atoms with van der Waals surface area (Å²) in [6.07, 6.45) is 0. The van der Waals surface area contributed by atoms with Crippen LogP contribution in [0, 0.1) is 0 Å². The molecule has 0 aliphatic carbocycles. The van der Waals surface area contributed by atoms with Crippen LogP contribution in [0.4, 0.5) is 16.4 Å². The second kappa shape index (κ2) is 6.53. The summed E-state index contributed by atoms with van der Waals surface area (Å²) in [6, 6.07) is 14.9. The summed E-state index contributed by atoms with van der Waals surface area (Å²) >= 11 is 6.04. The van der Waals surface area contributed by atoms with Crippen molar-refractivity contribution in [1.82, 2.24) is 14.5 Å². The minimum absolute atomic E-state index is 0.0408. The van der Waals surface area contributed by atoms with E-state index in [0.29, 0.717) is 37.1 Å². The fourth-order valence-electron chi connectivity index (χ4n) is 3.89. The van der Waals surface area contributed by atoms with Crippen LogP contribution in [0.2, 0.25) is 5.02 Å². The molecule has 2 aromatic carbocycles. The molecule has 0 N–H and O–H groups in total. The van der Waals surface area contributed by atoms with Crippen molar-refractivity contribution in [2.45, 2.75) is 6.54 Å². The van der Waals surface area contributed by atoms with E-state index < -0.39 is 0 Å². The minimum Gasteiger partial charge on any atom is -0.313 e. The zero-order valence-electron chi connectivity index (χ0n) is 15.1. The summed E-state index contributed by atoms with van der Waals surface area (Å²) in [5.41, 5.74) is 2.65. The molecule has 0 saturated carbocycles. The third-order valence-electron chi connectivity index (χ3n) is 5.27. The first kappa shape index (κ1) is 17.1. The lowest BCUT2D eigenvalue weighted by Crippen LogP contribution is -2.42. The van der Waals surface area contributed by atoms with Crippen molar-refractivity contribution in [2.75, 3.05) is 36.0 Å². The highest BCUT2D eigenvalue weighted by atomic mass is 35.5. The number of para-hydroxylation sites is 2. The fraction of sp³-hybridized carbons (Fsp3) is 0.250. The molecule has 3 heterocycles. The Balaban J connectivity index is 1.33. The first-order chi connectivity index (χ1) is 13.6. The average molecular weight is 396 g/mol. The predicted octanol–water partition coefficient (Wildman–Crippen LogP) is 2.98. The first-order valence-electron chi connectivity index (χ1n) is 9.19. The van der Waals surface area contributed by atoms with E-state index in [1.54, 1.807) is 26.8 Å². The number of carbonyl (C=O) groups is 2. The number of rotatable bonds is 3. The predicted molar refractivity (Wildman–Crippen MR) is 108 cm³/mol. The number of nitrogens with zero attached hydrogens (tertiary/aromatic N) is 5. The van der Waals surface area contributed by atoms with Crippen LogP contribution >= 0.6 is 11.6 Å². The van der Waals surface area contributed by atoms with Gasteiger partial charge in [0, 0.05) is 36.9 Å². The molecule has 0 radical (unpaired) electrons. The highest BCUT2D eigenvalue weighted by Gasteiger charge is 2.34. The Labute approximate surface area is 166 Å². The molecule has 1 aromatic heterocycles. The van der Waals surface area contributed by atoms with Gasteiger partial charge < -0.3 is 9.47 Å². The molecule has 0 spiro atoms. The molecular weight excluding hydrogens is 378 g/mol. The monoisotopic (exact) mass is 395 g/mol. The SMILES string of the molecule is O=C1N(CC(=O)N2CCn3c2nc2ccccc23)CCN1c1cccc(Cl)c1. The van der Waals surface area contributed by atoms with E-state index in [-0.39, 0.29) is 18.5 Å². The second-order valence-corrected chi connectivity index (χ2v) is 7.37. The Bertz CT molecular complexity index is 1100. The Morgan fingerprint density at radius 2 is 1.89 bits per heavy atom. The molecular formula is C20H18ClN5O2. The Hall–Kier alpha value is -3.06. The van der Waals surface area contributed by atoms with Crippen LogP contribution in [0.15, 0.2) is 48.5 Å². The summed E-state index contributed by atoms with van der Waals surface area (Å²) in [5, 5.41) is 0.579. The first-order valence-corrected chi connectivity index (χ1v) is 9.57. The largest absolute Gasteiger partial charge is 0.325 e. The van der Waals surface area contributed by atoms with Crippen LogP contribution in [0.5, 0.6) is 0 Å². The van der Waals surface area contributed by atoms with Gasteiger partial charge in [0.25, 0.3) is 0 Å². The van der Waals surface area contributed by atoms with E-state index in [0.717, 1.165) is 16.7 Å². The lowest BCUT2D eigenvalue weighted by atomic mass is 10.3. The third-order valence-corrected chi connectivity index (χ3v) is 5.50. The number of imidazole rings is 1. The van der Waals surface area contributed by atoms with E-state index >= 15 is 0 Å². The van der Waals surface area contributed by atoms with E-state index in [9.17, 15) is 9.59 Å². The van der Waals surface area contributed by atoms with Crippen molar-refractivity contribution >= 4 is 46.2 Å². The number of amides is 3. The smallest absolute Gasteiger partial charge is 0.313 e. The number of carbonyl (C=O) groups excluding carboxylic acids is 2. The summed E-state index contributed by atoms with van der Waals surface area (Å²) in [7, 11) is 0.